The van der Waals surface area contributed by atoms with Gasteiger partial charge in [0.25, 0.3) is 0 Å². The van der Waals surface area contributed by atoms with Gasteiger partial charge in [0.15, 0.2) is 5.82 Å². The molecule has 0 radical (unpaired) electrons. The van der Waals surface area contributed by atoms with Crippen LogP contribution in [0, 0.1) is 0 Å². The Morgan fingerprint density at radius 2 is 1.11 bits per heavy atom. The lowest BCUT2D eigenvalue weighted by Gasteiger charge is -2.22. The van der Waals surface area contributed by atoms with E-state index in [2.05, 4.69) is 153 Å². The van der Waals surface area contributed by atoms with Crippen LogP contribution in [0.2, 0.25) is 0 Å². The van der Waals surface area contributed by atoms with E-state index in [1.807, 2.05) is 6.07 Å². The Morgan fingerprint density at radius 3 is 1.98 bits per heavy atom. The quantitative estimate of drug-likeness (QED) is 0.155. The number of hydrogen-bond acceptors (Lipinski definition) is 2. The average molecular weight is 575 g/mol. The van der Waals surface area contributed by atoms with Crippen molar-refractivity contribution in [2.45, 2.75) is 19.3 Å². The molecule has 45 heavy (non-hydrogen) atoms. The summed E-state index contributed by atoms with van der Waals surface area (Å²) in [6, 6.07) is 52.4. The Kier molecular flexibility index (Phi) is 5.58. The van der Waals surface area contributed by atoms with Gasteiger partial charge in [0.2, 0.25) is 0 Å². The first-order chi connectivity index (χ1) is 22.0. The molecule has 2 heteroatoms. The first-order valence-corrected chi connectivity index (χ1v) is 15.6. The van der Waals surface area contributed by atoms with E-state index in [0.717, 1.165) is 33.9 Å². The van der Waals surface area contributed by atoms with Gasteiger partial charge in [-0.3, -0.25) is 0 Å². The number of rotatable bonds is 3. The van der Waals surface area contributed by atoms with Gasteiger partial charge in [0.05, 0.1) is 11.4 Å². The second-order valence-corrected chi connectivity index (χ2v) is 12.6. The fourth-order valence-electron chi connectivity index (χ4n) is 7.32. The maximum Gasteiger partial charge on any atom is 0.160 e. The van der Waals surface area contributed by atoms with Crippen molar-refractivity contribution in [1.82, 2.24) is 9.97 Å². The van der Waals surface area contributed by atoms with Crippen molar-refractivity contribution < 1.29 is 0 Å². The van der Waals surface area contributed by atoms with Crippen LogP contribution in [0.25, 0.3) is 77.3 Å². The summed E-state index contributed by atoms with van der Waals surface area (Å²) in [7, 11) is 0. The van der Waals surface area contributed by atoms with Gasteiger partial charge in [-0.1, -0.05) is 135 Å². The number of hydrogen-bond donors (Lipinski definition) is 0. The van der Waals surface area contributed by atoms with E-state index >= 15 is 0 Å². The molecule has 1 aliphatic carbocycles. The molecule has 0 bridgehead atoms. The van der Waals surface area contributed by atoms with E-state index in [1.54, 1.807) is 0 Å². The van der Waals surface area contributed by atoms with E-state index < -0.39 is 0 Å². The minimum Gasteiger partial charge on any atom is -0.228 e. The van der Waals surface area contributed by atoms with Crippen LogP contribution in [0.5, 0.6) is 0 Å². The Hall–Kier alpha value is -5.60. The Labute approximate surface area is 262 Å². The highest BCUT2D eigenvalue weighted by atomic mass is 14.9. The van der Waals surface area contributed by atoms with E-state index in [4.69, 9.17) is 9.97 Å². The predicted molar refractivity (Wildman–Crippen MR) is 188 cm³/mol. The summed E-state index contributed by atoms with van der Waals surface area (Å²) < 4.78 is 0. The molecule has 7 aromatic carbocycles. The standard InChI is InChI=1S/C43H30N2/c1-43(2)38-18-9-8-15-34(38)35-22-20-31(25-39(35)43)40-26-41(45-42(44-40)27-11-4-3-5-12-27)36-17-10-16-32-33(36)21-19-30-23-28-13-6-7-14-29(28)24-37(30)32/h3-26H,1-2H3. The molecule has 1 aromatic heterocycles. The third-order valence-corrected chi connectivity index (χ3v) is 9.66. The summed E-state index contributed by atoms with van der Waals surface area (Å²) in [5, 5.41) is 7.43. The Morgan fingerprint density at radius 1 is 0.400 bits per heavy atom. The molecule has 8 aromatic rings. The van der Waals surface area contributed by atoms with Crippen LogP contribution in [0.3, 0.4) is 0 Å². The maximum absolute atomic E-state index is 5.20. The first-order valence-electron chi connectivity index (χ1n) is 15.6. The summed E-state index contributed by atoms with van der Waals surface area (Å²) in [6.45, 7) is 4.65. The lowest BCUT2D eigenvalue weighted by molar-refractivity contribution is 0.660. The van der Waals surface area contributed by atoms with Crippen molar-refractivity contribution in [3.8, 4) is 45.0 Å². The number of nitrogens with zero attached hydrogens (tertiary/aromatic N) is 2. The third kappa shape index (κ3) is 4.03. The molecule has 9 rings (SSSR count). The average Bonchev–Trinajstić information content (AvgIpc) is 3.33. The van der Waals surface area contributed by atoms with Crippen LogP contribution in [-0.4, -0.2) is 9.97 Å². The summed E-state index contributed by atoms with van der Waals surface area (Å²) >= 11 is 0. The Balaban J connectivity index is 1.26. The highest BCUT2D eigenvalue weighted by Gasteiger charge is 2.35. The van der Waals surface area contributed by atoms with Crippen molar-refractivity contribution in [2.24, 2.45) is 0 Å². The van der Waals surface area contributed by atoms with Crippen molar-refractivity contribution in [1.29, 1.82) is 0 Å². The molecule has 0 amide bonds. The zero-order valence-electron chi connectivity index (χ0n) is 25.3. The fraction of sp³-hybridized carbons (Fsp3) is 0.0698. The van der Waals surface area contributed by atoms with Crippen LogP contribution in [0.4, 0.5) is 0 Å². The topological polar surface area (TPSA) is 25.8 Å². The predicted octanol–water partition coefficient (Wildman–Crippen LogP) is 11.2. The van der Waals surface area contributed by atoms with Gasteiger partial charge in [0.1, 0.15) is 0 Å². The summed E-state index contributed by atoms with van der Waals surface area (Å²) in [5.74, 6) is 0.731. The number of benzene rings is 7. The van der Waals surface area contributed by atoms with E-state index in [1.165, 1.54) is 54.6 Å². The Bertz CT molecular complexity index is 2450. The van der Waals surface area contributed by atoms with Crippen molar-refractivity contribution >= 4 is 32.3 Å². The smallest absolute Gasteiger partial charge is 0.160 e. The monoisotopic (exact) mass is 574 g/mol. The zero-order valence-corrected chi connectivity index (χ0v) is 25.3. The number of aromatic nitrogens is 2. The van der Waals surface area contributed by atoms with E-state index in [9.17, 15) is 0 Å². The molecule has 1 aliphatic rings. The second-order valence-electron chi connectivity index (χ2n) is 12.6. The maximum atomic E-state index is 5.20. The zero-order chi connectivity index (χ0) is 30.1. The molecule has 0 unspecified atom stereocenters. The van der Waals surface area contributed by atoms with Gasteiger partial charge in [-0.15, -0.1) is 0 Å². The molecule has 0 N–H and O–H groups in total. The highest BCUT2D eigenvalue weighted by Crippen LogP contribution is 2.49. The van der Waals surface area contributed by atoms with Gasteiger partial charge in [-0.05, 0) is 78.8 Å². The minimum absolute atomic E-state index is 0.0824. The van der Waals surface area contributed by atoms with Crippen molar-refractivity contribution in [2.75, 3.05) is 0 Å². The van der Waals surface area contributed by atoms with Crippen molar-refractivity contribution in [3.63, 3.8) is 0 Å². The lowest BCUT2D eigenvalue weighted by atomic mass is 9.82. The van der Waals surface area contributed by atoms with Crippen LogP contribution >= 0.6 is 0 Å². The molecule has 0 aliphatic heterocycles. The molecule has 0 saturated carbocycles. The summed E-state index contributed by atoms with van der Waals surface area (Å²) in [4.78, 5) is 10.4. The van der Waals surface area contributed by atoms with Gasteiger partial charge >= 0.3 is 0 Å². The largest absolute Gasteiger partial charge is 0.228 e. The fourth-order valence-corrected chi connectivity index (χ4v) is 7.32. The summed E-state index contributed by atoms with van der Waals surface area (Å²) in [5.41, 5.74) is 10.3. The van der Waals surface area contributed by atoms with Gasteiger partial charge < -0.3 is 0 Å². The lowest BCUT2D eigenvalue weighted by Crippen LogP contribution is -2.14. The van der Waals surface area contributed by atoms with Crippen molar-refractivity contribution in [3.05, 3.63) is 157 Å². The molecule has 212 valence electrons. The normalized spacial score (nSPS) is 13.3. The molecule has 0 spiro atoms. The second kappa shape index (κ2) is 9.70. The first kappa shape index (κ1) is 25.9. The minimum atomic E-state index is -0.0824. The van der Waals surface area contributed by atoms with Gasteiger partial charge in [-0.25, -0.2) is 9.97 Å². The molecule has 0 saturated heterocycles. The summed E-state index contributed by atoms with van der Waals surface area (Å²) in [6.07, 6.45) is 0. The van der Waals surface area contributed by atoms with Gasteiger partial charge in [-0.2, -0.15) is 0 Å². The molecule has 0 atom stereocenters. The SMILES string of the molecule is CC1(C)c2ccccc2-c2ccc(-c3cc(-c4cccc5c4ccc4cc6ccccc6cc45)nc(-c4ccccc4)n3)cc21. The highest BCUT2D eigenvalue weighted by molar-refractivity contribution is 6.15. The third-order valence-electron chi connectivity index (χ3n) is 9.66. The molecule has 0 fully saturated rings. The van der Waals surface area contributed by atoms with Crippen LogP contribution in [-0.2, 0) is 5.41 Å². The van der Waals surface area contributed by atoms with E-state index in [-0.39, 0.29) is 5.41 Å². The number of fused-ring (bicyclic) bond motifs is 7. The van der Waals surface area contributed by atoms with Gasteiger partial charge in [0, 0.05) is 22.1 Å². The molecule has 1 heterocycles. The van der Waals surface area contributed by atoms with Crippen LogP contribution < -0.4 is 0 Å². The molecular formula is C43H30N2. The van der Waals surface area contributed by atoms with Crippen LogP contribution in [0.1, 0.15) is 25.0 Å². The van der Waals surface area contributed by atoms with E-state index in [0.29, 0.717) is 0 Å². The molecule has 2 nitrogen and oxygen atoms in total. The molecular weight excluding hydrogens is 544 g/mol. The van der Waals surface area contributed by atoms with Crippen LogP contribution in [0.15, 0.2) is 146 Å².